The number of thiophene rings is 1. The van der Waals surface area contributed by atoms with Crippen molar-refractivity contribution in [3.8, 4) is 10.6 Å². The van der Waals surface area contributed by atoms with Gasteiger partial charge in [-0.25, -0.2) is 4.98 Å². The number of para-hydroxylation sites is 1. The normalized spacial score (nSPS) is 14.2. The standard InChI is InChI=1S/C19H18ClN3OS.2ClH/c20-18-7-6-17(25-18)16-12-14(13-4-1-2-5-15(13)22-16)19(24)23-10-3-8-21-9-11-23;;/h1-2,4-7,12,21H,3,8-11H2;2*1H. The lowest BCUT2D eigenvalue weighted by atomic mass is 10.1. The van der Waals surface area contributed by atoms with Crippen molar-refractivity contribution in [2.24, 2.45) is 0 Å². The Morgan fingerprint density at radius 2 is 1.93 bits per heavy atom. The second kappa shape index (κ2) is 9.71. The van der Waals surface area contributed by atoms with Crippen LogP contribution in [0.5, 0.6) is 0 Å². The van der Waals surface area contributed by atoms with Crippen molar-refractivity contribution in [3.63, 3.8) is 0 Å². The molecule has 0 aliphatic carbocycles. The zero-order valence-corrected chi connectivity index (χ0v) is 17.7. The molecule has 2 aromatic heterocycles. The van der Waals surface area contributed by atoms with Gasteiger partial charge in [0.15, 0.2) is 0 Å². The van der Waals surface area contributed by atoms with E-state index < -0.39 is 0 Å². The largest absolute Gasteiger partial charge is 0.337 e. The van der Waals surface area contributed by atoms with Crippen LogP contribution in [0.2, 0.25) is 4.34 Å². The van der Waals surface area contributed by atoms with Gasteiger partial charge in [-0.3, -0.25) is 4.79 Å². The van der Waals surface area contributed by atoms with Gasteiger partial charge < -0.3 is 10.2 Å². The number of benzene rings is 1. The lowest BCUT2D eigenvalue weighted by Crippen LogP contribution is -2.34. The van der Waals surface area contributed by atoms with Crippen molar-refractivity contribution in [2.45, 2.75) is 6.42 Å². The number of carbonyl (C=O) groups excluding carboxylic acids is 1. The first-order valence-electron chi connectivity index (χ1n) is 8.38. The first kappa shape index (κ1) is 21.9. The topological polar surface area (TPSA) is 45.2 Å². The third kappa shape index (κ3) is 4.73. The lowest BCUT2D eigenvalue weighted by Gasteiger charge is -2.21. The summed E-state index contributed by atoms with van der Waals surface area (Å²) < 4.78 is 0.719. The van der Waals surface area contributed by atoms with Gasteiger partial charge in [0.05, 0.1) is 26.0 Å². The second-order valence-corrected chi connectivity index (χ2v) is 7.79. The average Bonchev–Trinajstić information content (AvgIpc) is 2.90. The van der Waals surface area contributed by atoms with Crippen LogP contribution >= 0.6 is 47.8 Å². The Morgan fingerprint density at radius 1 is 1.11 bits per heavy atom. The van der Waals surface area contributed by atoms with Crippen molar-refractivity contribution < 1.29 is 4.79 Å². The third-order valence-corrected chi connectivity index (χ3v) is 5.65. The number of aromatic nitrogens is 1. The molecule has 0 radical (unpaired) electrons. The number of fused-ring (bicyclic) bond motifs is 1. The monoisotopic (exact) mass is 443 g/mol. The number of nitrogens with zero attached hydrogens (tertiary/aromatic N) is 2. The van der Waals surface area contributed by atoms with Crippen LogP contribution in [-0.2, 0) is 0 Å². The average molecular weight is 445 g/mol. The minimum Gasteiger partial charge on any atom is -0.337 e. The SMILES string of the molecule is Cl.Cl.O=C(c1cc(-c2ccc(Cl)s2)nc2ccccc12)N1CCCNCC1. The van der Waals surface area contributed by atoms with Gasteiger partial charge in [0.2, 0.25) is 0 Å². The summed E-state index contributed by atoms with van der Waals surface area (Å²) in [6, 6.07) is 13.5. The maximum Gasteiger partial charge on any atom is 0.254 e. The predicted molar refractivity (Wildman–Crippen MR) is 118 cm³/mol. The fraction of sp³-hybridized carbons (Fsp3) is 0.263. The zero-order valence-electron chi connectivity index (χ0n) is 14.5. The van der Waals surface area contributed by atoms with E-state index in [2.05, 4.69) is 5.32 Å². The van der Waals surface area contributed by atoms with E-state index in [0.717, 1.165) is 58.4 Å². The molecule has 3 heterocycles. The highest BCUT2D eigenvalue weighted by Crippen LogP contribution is 2.32. The maximum absolute atomic E-state index is 13.2. The molecule has 1 aliphatic heterocycles. The highest BCUT2D eigenvalue weighted by atomic mass is 35.5. The van der Waals surface area contributed by atoms with Crippen LogP contribution in [0.1, 0.15) is 16.8 Å². The molecule has 27 heavy (non-hydrogen) atoms. The molecule has 0 saturated carbocycles. The van der Waals surface area contributed by atoms with Gasteiger partial charge in [0, 0.05) is 25.0 Å². The molecule has 0 bridgehead atoms. The van der Waals surface area contributed by atoms with Crippen LogP contribution in [0.25, 0.3) is 21.5 Å². The number of halogens is 3. The highest BCUT2D eigenvalue weighted by Gasteiger charge is 2.21. The van der Waals surface area contributed by atoms with E-state index in [1.54, 1.807) is 0 Å². The summed E-state index contributed by atoms with van der Waals surface area (Å²) in [5.41, 5.74) is 2.35. The molecule has 0 unspecified atom stereocenters. The Labute approximate surface area is 179 Å². The van der Waals surface area contributed by atoms with E-state index in [4.69, 9.17) is 16.6 Å². The summed E-state index contributed by atoms with van der Waals surface area (Å²) in [6.45, 7) is 3.31. The molecule has 4 nitrogen and oxygen atoms in total. The molecule has 0 spiro atoms. The molecule has 8 heteroatoms. The molecule has 1 aliphatic rings. The highest BCUT2D eigenvalue weighted by molar-refractivity contribution is 7.19. The van der Waals surface area contributed by atoms with Crippen molar-refractivity contribution >= 4 is 64.6 Å². The molecular weight excluding hydrogens is 425 g/mol. The quantitative estimate of drug-likeness (QED) is 0.612. The molecule has 1 saturated heterocycles. The van der Waals surface area contributed by atoms with Crippen LogP contribution in [-0.4, -0.2) is 42.0 Å². The van der Waals surface area contributed by atoms with E-state index in [0.29, 0.717) is 5.56 Å². The molecule has 1 amide bonds. The smallest absolute Gasteiger partial charge is 0.254 e. The Hall–Kier alpha value is -1.37. The van der Waals surface area contributed by atoms with E-state index in [1.165, 1.54) is 11.3 Å². The summed E-state index contributed by atoms with van der Waals surface area (Å²) in [7, 11) is 0. The number of nitrogens with one attached hydrogen (secondary N) is 1. The number of rotatable bonds is 2. The number of hydrogen-bond donors (Lipinski definition) is 1. The Bertz CT molecular complexity index is 923. The summed E-state index contributed by atoms with van der Waals surface area (Å²) in [6.07, 6.45) is 0.974. The van der Waals surface area contributed by atoms with E-state index >= 15 is 0 Å². The van der Waals surface area contributed by atoms with Crippen LogP contribution in [0.4, 0.5) is 0 Å². The van der Waals surface area contributed by atoms with Crippen LogP contribution in [0.15, 0.2) is 42.5 Å². The van der Waals surface area contributed by atoms with Gasteiger partial charge >= 0.3 is 0 Å². The van der Waals surface area contributed by atoms with Gasteiger partial charge in [-0.2, -0.15) is 0 Å². The summed E-state index contributed by atoms with van der Waals surface area (Å²) in [4.78, 5) is 20.8. The van der Waals surface area contributed by atoms with Crippen LogP contribution in [0.3, 0.4) is 0 Å². The van der Waals surface area contributed by atoms with Gasteiger partial charge in [-0.05, 0) is 37.2 Å². The van der Waals surface area contributed by atoms with E-state index in [9.17, 15) is 4.79 Å². The lowest BCUT2D eigenvalue weighted by molar-refractivity contribution is 0.0768. The molecule has 0 atom stereocenters. The van der Waals surface area contributed by atoms with Crippen molar-refractivity contribution in [1.82, 2.24) is 15.2 Å². The molecule has 144 valence electrons. The summed E-state index contributed by atoms with van der Waals surface area (Å²) >= 11 is 7.56. The Morgan fingerprint density at radius 3 is 2.70 bits per heavy atom. The minimum atomic E-state index is 0. The molecule has 4 rings (SSSR count). The number of hydrogen-bond acceptors (Lipinski definition) is 4. The van der Waals surface area contributed by atoms with E-state index in [-0.39, 0.29) is 30.7 Å². The van der Waals surface area contributed by atoms with Gasteiger partial charge in [0.1, 0.15) is 0 Å². The van der Waals surface area contributed by atoms with Crippen molar-refractivity contribution in [2.75, 3.05) is 26.2 Å². The number of carbonyl (C=O) groups is 1. The van der Waals surface area contributed by atoms with Crippen LogP contribution in [0, 0.1) is 0 Å². The maximum atomic E-state index is 13.2. The van der Waals surface area contributed by atoms with Gasteiger partial charge in [-0.1, -0.05) is 29.8 Å². The summed E-state index contributed by atoms with van der Waals surface area (Å²) in [5, 5.41) is 4.24. The van der Waals surface area contributed by atoms with E-state index in [1.807, 2.05) is 47.4 Å². The fourth-order valence-electron chi connectivity index (χ4n) is 3.15. The predicted octanol–water partition coefficient (Wildman–Crippen LogP) is 4.90. The summed E-state index contributed by atoms with van der Waals surface area (Å²) in [5.74, 6) is 0.0752. The fourth-order valence-corrected chi connectivity index (χ4v) is 4.15. The number of amides is 1. The van der Waals surface area contributed by atoms with Crippen LogP contribution < -0.4 is 5.32 Å². The number of pyridine rings is 1. The first-order chi connectivity index (χ1) is 12.2. The molecule has 3 aromatic rings. The molecule has 1 N–H and O–H groups in total. The molecular formula is C19H20Cl3N3OS. The second-order valence-electron chi connectivity index (χ2n) is 6.07. The van der Waals surface area contributed by atoms with Gasteiger partial charge in [-0.15, -0.1) is 36.2 Å². The molecule has 1 fully saturated rings. The first-order valence-corrected chi connectivity index (χ1v) is 9.57. The van der Waals surface area contributed by atoms with Crippen molar-refractivity contribution in [1.29, 1.82) is 0 Å². The zero-order chi connectivity index (χ0) is 17.2. The molecule has 1 aromatic carbocycles. The Balaban J connectivity index is 0.00000131. The van der Waals surface area contributed by atoms with Gasteiger partial charge in [0.25, 0.3) is 5.91 Å². The Kier molecular flexibility index (Phi) is 7.89. The minimum absolute atomic E-state index is 0. The third-order valence-electron chi connectivity index (χ3n) is 4.40. The van der Waals surface area contributed by atoms with Crippen molar-refractivity contribution in [3.05, 3.63) is 52.4 Å².